The molecule has 26 heavy (non-hydrogen) atoms. The molecule has 0 fully saturated rings. The minimum Gasteiger partial charge on any atom is -0.459 e. The van der Waals surface area contributed by atoms with E-state index in [1.165, 1.54) is 0 Å². The van der Waals surface area contributed by atoms with E-state index in [2.05, 4.69) is 10.6 Å². The van der Waals surface area contributed by atoms with Crippen LogP contribution in [0.15, 0.2) is 65.1 Å². The van der Waals surface area contributed by atoms with Crippen LogP contribution in [-0.4, -0.2) is 11.9 Å². The fourth-order valence-corrected chi connectivity index (χ4v) is 2.88. The summed E-state index contributed by atoms with van der Waals surface area (Å²) in [7, 11) is 0. The minimum absolute atomic E-state index is 0.0809. The van der Waals surface area contributed by atoms with Crippen LogP contribution < -0.4 is 16.4 Å². The first-order valence-corrected chi connectivity index (χ1v) is 8.41. The summed E-state index contributed by atoms with van der Waals surface area (Å²) < 4.78 is 5.78. The van der Waals surface area contributed by atoms with E-state index < -0.39 is 12.1 Å². The summed E-state index contributed by atoms with van der Waals surface area (Å²) in [5, 5.41) is 6.51. The topological polar surface area (TPSA) is 97.4 Å². The van der Waals surface area contributed by atoms with Crippen LogP contribution in [0.2, 0.25) is 0 Å². The Bertz CT molecular complexity index is 872. The molecule has 0 saturated carbocycles. The molecule has 0 aliphatic rings. The average Bonchev–Trinajstić information content (AvgIpc) is 3.06. The summed E-state index contributed by atoms with van der Waals surface area (Å²) in [5.41, 5.74) is 6.84. The lowest BCUT2D eigenvalue weighted by atomic mass is 10.0. The third-order valence-corrected chi connectivity index (χ3v) is 4.16. The number of amides is 3. The maximum Gasteiger partial charge on any atom is 0.312 e. The summed E-state index contributed by atoms with van der Waals surface area (Å²) in [6.07, 6.45) is 0.0809. The van der Waals surface area contributed by atoms with Crippen molar-refractivity contribution < 1.29 is 14.0 Å². The van der Waals surface area contributed by atoms with Crippen molar-refractivity contribution in [2.45, 2.75) is 25.4 Å². The monoisotopic (exact) mass is 351 g/mol. The lowest BCUT2D eigenvalue weighted by Crippen LogP contribution is -2.37. The number of benzene rings is 2. The lowest BCUT2D eigenvalue weighted by Gasteiger charge is -2.19. The Hall–Kier alpha value is -3.28. The highest BCUT2D eigenvalue weighted by molar-refractivity contribution is 5.80. The molecule has 6 nitrogen and oxygen atoms in total. The highest BCUT2D eigenvalue weighted by Gasteiger charge is 2.20. The summed E-state index contributed by atoms with van der Waals surface area (Å²) in [6.45, 7) is 1.86. The first kappa shape index (κ1) is 17.5. The van der Waals surface area contributed by atoms with E-state index in [-0.39, 0.29) is 18.4 Å². The van der Waals surface area contributed by atoms with Crippen LogP contribution in [0, 0.1) is 0 Å². The Kier molecular flexibility index (Phi) is 5.22. The Morgan fingerprint density at radius 2 is 1.73 bits per heavy atom. The zero-order valence-electron chi connectivity index (χ0n) is 14.4. The number of carbonyl (C=O) groups excluding carboxylic acids is 2. The van der Waals surface area contributed by atoms with Crippen molar-refractivity contribution in [2.24, 2.45) is 5.73 Å². The van der Waals surface area contributed by atoms with Gasteiger partial charge in [0.15, 0.2) is 0 Å². The van der Waals surface area contributed by atoms with Gasteiger partial charge in [0.05, 0.1) is 18.5 Å². The van der Waals surface area contributed by atoms with Crippen molar-refractivity contribution in [1.29, 1.82) is 0 Å². The van der Waals surface area contributed by atoms with Crippen molar-refractivity contribution in [3.63, 3.8) is 0 Å². The molecule has 2 atom stereocenters. The van der Waals surface area contributed by atoms with Crippen LogP contribution in [0.3, 0.4) is 0 Å². The van der Waals surface area contributed by atoms with Crippen molar-refractivity contribution in [3.05, 3.63) is 72.0 Å². The van der Waals surface area contributed by atoms with E-state index in [4.69, 9.17) is 10.2 Å². The number of fused-ring (bicyclic) bond motifs is 1. The number of urea groups is 1. The molecule has 0 aliphatic carbocycles. The number of furan rings is 1. The maximum absolute atomic E-state index is 12.5. The second-order valence-electron chi connectivity index (χ2n) is 6.15. The third kappa shape index (κ3) is 4.22. The second kappa shape index (κ2) is 7.74. The van der Waals surface area contributed by atoms with Crippen molar-refractivity contribution in [2.75, 3.05) is 0 Å². The predicted molar refractivity (Wildman–Crippen MR) is 99.3 cm³/mol. The smallest absolute Gasteiger partial charge is 0.312 e. The number of carbonyl (C=O) groups is 2. The van der Waals surface area contributed by atoms with Gasteiger partial charge < -0.3 is 20.8 Å². The van der Waals surface area contributed by atoms with Gasteiger partial charge in [-0.15, -0.1) is 0 Å². The molecule has 0 aliphatic heterocycles. The molecule has 134 valence electrons. The first-order chi connectivity index (χ1) is 12.5. The first-order valence-electron chi connectivity index (χ1n) is 8.41. The van der Waals surface area contributed by atoms with E-state index in [0.717, 1.165) is 16.5 Å². The summed E-state index contributed by atoms with van der Waals surface area (Å²) in [5.74, 6) is 0.472. The van der Waals surface area contributed by atoms with Gasteiger partial charge in [-0.1, -0.05) is 48.5 Å². The molecule has 3 amide bonds. The predicted octanol–water partition coefficient (Wildman–Crippen LogP) is 3.41. The molecule has 0 radical (unpaired) electrons. The summed E-state index contributed by atoms with van der Waals surface area (Å²) in [6, 6.07) is 17.4. The molecule has 0 unspecified atom stereocenters. The number of hydrogen-bond acceptors (Lipinski definition) is 3. The van der Waals surface area contributed by atoms with E-state index in [9.17, 15) is 9.59 Å². The zero-order valence-corrected chi connectivity index (χ0v) is 14.4. The minimum atomic E-state index is -0.669. The van der Waals surface area contributed by atoms with Crippen LogP contribution in [0.4, 0.5) is 4.79 Å². The Balaban J connectivity index is 1.68. The molecule has 4 N–H and O–H groups in total. The Morgan fingerprint density at radius 1 is 1.04 bits per heavy atom. The van der Waals surface area contributed by atoms with Gasteiger partial charge in [0.2, 0.25) is 5.91 Å². The lowest BCUT2D eigenvalue weighted by molar-refractivity contribution is -0.122. The molecule has 0 saturated heterocycles. The van der Waals surface area contributed by atoms with Gasteiger partial charge in [0.25, 0.3) is 0 Å². The molecular formula is C20H21N3O3. The quantitative estimate of drug-likeness (QED) is 0.635. The van der Waals surface area contributed by atoms with Gasteiger partial charge in [0, 0.05) is 5.39 Å². The second-order valence-corrected chi connectivity index (χ2v) is 6.15. The van der Waals surface area contributed by atoms with Crippen LogP contribution in [0.5, 0.6) is 0 Å². The largest absolute Gasteiger partial charge is 0.459 e. The molecular weight excluding hydrogens is 330 g/mol. The Labute approximate surface area is 151 Å². The van der Waals surface area contributed by atoms with Crippen LogP contribution in [0.25, 0.3) is 11.0 Å². The van der Waals surface area contributed by atoms with Crippen molar-refractivity contribution >= 4 is 22.9 Å². The van der Waals surface area contributed by atoms with Crippen molar-refractivity contribution in [3.8, 4) is 0 Å². The number of nitrogens with one attached hydrogen (secondary N) is 2. The van der Waals surface area contributed by atoms with Gasteiger partial charge in [-0.05, 0) is 24.6 Å². The molecule has 1 heterocycles. The van der Waals surface area contributed by atoms with Gasteiger partial charge in [0.1, 0.15) is 11.3 Å². The van der Waals surface area contributed by atoms with Gasteiger partial charge in [-0.3, -0.25) is 4.79 Å². The molecule has 0 bridgehead atoms. The zero-order chi connectivity index (χ0) is 18.5. The molecule has 0 spiro atoms. The summed E-state index contributed by atoms with van der Waals surface area (Å²) >= 11 is 0. The van der Waals surface area contributed by atoms with Crippen molar-refractivity contribution in [1.82, 2.24) is 10.6 Å². The standard InChI is InChI=1S/C20H21N3O3/c1-13(18-11-15-9-5-6-10-17(15)26-18)22-19(24)12-16(23-20(21)25)14-7-3-2-4-8-14/h2-11,13,16H,12H2,1H3,(H,22,24)(H3,21,23,25)/t13-,16+/m0/s1. The number of primary amides is 1. The molecule has 2 aromatic carbocycles. The van der Waals surface area contributed by atoms with Gasteiger partial charge in [-0.25, -0.2) is 4.79 Å². The highest BCUT2D eigenvalue weighted by atomic mass is 16.3. The number of para-hydroxylation sites is 1. The summed E-state index contributed by atoms with van der Waals surface area (Å²) in [4.78, 5) is 23.7. The number of nitrogens with two attached hydrogens (primary N) is 1. The van der Waals surface area contributed by atoms with Crippen LogP contribution in [-0.2, 0) is 4.79 Å². The number of rotatable bonds is 6. The van der Waals surface area contributed by atoms with Gasteiger partial charge in [-0.2, -0.15) is 0 Å². The van der Waals surface area contributed by atoms with E-state index in [1.807, 2.05) is 67.6 Å². The number of hydrogen-bond donors (Lipinski definition) is 3. The van der Waals surface area contributed by atoms with E-state index in [0.29, 0.717) is 5.76 Å². The fourth-order valence-electron chi connectivity index (χ4n) is 2.88. The molecule has 3 rings (SSSR count). The van der Waals surface area contributed by atoms with Gasteiger partial charge >= 0.3 is 6.03 Å². The molecule has 6 heteroatoms. The molecule has 1 aromatic heterocycles. The van der Waals surface area contributed by atoms with Crippen LogP contribution in [0.1, 0.15) is 36.8 Å². The highest BCUT2D eigenvalue weighted by Crippen LogP contribution is 2.24. The van der Waals surface area contributed by atoms with E-state index in [1.54, 1.807) is 0 Å². The van der Waals surface area contributed by atoms with Crippen LogP contribution >= 0.6 is 0 Å². The normalized spacial score (nSPS) is 13.1. The third-order valence-electron chi connectivity index (χ3n) is 4.16. The average molecular weight is 351 g/mol. The molecule has 3 aromatic rings. The maximum atomic E-state index is 12.5. The fraction of sp³-hybridized carbons (Fsp3) is 0.200. The Morgan fingerprint density at radius 3 is 2.42 bits per heavy atom. The SMILES string of the molecule is C[C@H](NC(=O)C[C@@H](NC(N)=O)c1ccccc1)c1cc2ccccc2o1. The van der Waals surface area contributed by atoms with E-state index >= 15 is 0 Å².